The zero-order chi connectivity index (χ0) is 19.2. The van der Waals surface area contributed by atoms with E-state index < -0.39 is 5.54 Å². The molecular formula is C19H27N4O3+. The Balaban J connectivity index is 1.86. The number of nitrogens with zero attached hydrogens (tertiary/aromatic N) is 1. The quantitative estimate of drug-likeness (QED) is 0.593. The molecule has 1 aliphatic carbocycles. The second-order valence-corrected chi connectivity index (χ2v) is 6.87. The molecular weight excluding hydrogens is 332 g/mol. The normalized spacial score (nSPS) is 16.7. The van der Waals surface area contributed by atoms with Crippen LogP contribution in [0.5, 0.6) is 5.75 Å². The van der Waals surface area contributed by atoms with Crippen LogP contribution in [0, 0.1) is 17.2 Å². The van der Waals surface area contributed by atoms with Crippen molar-refractivity contribution in [1.82, 2.24) is 5.32 Å². The SMILES string of the molecule is CC[NH+](CC(=O)Nc1cccc(OC)c1)CC(=O)N[C@](C)(C#N)C1CC1. The van der Waals surface area contributed by atoms with Crippen LogP contribution in [0.3, 0.4) is 0 Å². The maximum absolute atomic E-state index is 12.3. The predicted molar refractivity (Wildman–Crippen MR) is 97.7 cm³/mol. The topological polar surface area (TPSA) is 95.7 Å². The Kier molecular flexibility index (Phi) is 6.58. The van der Waals surface area contributed by atoms with Crippen molar-refractivity contribution in [2.75, 3.05) is 32.1 Å². The number of likely N-dealkylation sites (N-methyl/N-ethyl adjacent to an activating group) is 1. The number of nitriles is 1. The first-order valence-electron chi connectivity index (χ1n) is 8.90. The zero-order valence-corrected chi connectivity index (χ0v) is 15.6. The highest BCUT2D eigenvalue weighted by atomic mass is 16.5. The van der Waals surface area contributed by atoms with Crippen LogP contribution in [-0.4, -0.2) is 44.1 Å². The molecule has 1 aliphatic rings. The second-order valence-electron chi connectivity index (χ2n) is 6.87. The molecule has 3 N–H and O–H groups in total. The number of anilines is 1. The Hall–Kier alpha value is -2.59. The zero-order valence-electron chi connectivity index (χ0n) is 15.6. The molecule has 2 rings (SSSR count). The lowest BCUT2D eigenvalue weighted by atomic mass is 9.98. The maximum Gasteiger partial charge on any atom is 0.279 e. The first-order valence-corrected chi connectivity index (χ1v) is 8.90. The Bertz CT molecular complexity index is 696. The van der Waals surface area contributed by atoms with Crippen molar-refractivity contribution in [3.05, 3.63) is 24.3 Å². The third-order valence-electron chi connectivity index (χ3n) is 4.70. The van der Waals surface area contributed by atoms with Crippen molar-refractivity contribution in [2.45, 2.75) is 32.2 Å². The summed E-state index contributed by atoms with van der Waals surface area (Å²) in [5.74, 6) is 0.524. The van der Waals surface area contributed by atoms with Crippen molar-refractivity contribution < 1.29 is 19.2 Å². The maximum atomic E-state index is 12.3. The van der Waals surface area contributed by atoms with Gasteiger partial charge in [-0.1, -0.05) is 6.07 Å². The third-order valence-corrected chi connectivity index (χ3v) is 4.70. The molecule has 0 radical (unpaired) electrons. The molecule has 0 heterocycles. The largest absolute Gasteiger partial charge is 0.497 e. The number of hydrogen-bond donors (Lipinski definition) is 3. The number of rotatable bonds is 9. The van der Waals surface area contributed by atoms with E-state index in [0.717, 1.165) is 17.7 Å². The number of ether oxygens (including phenoxy) is 1. The fourth-order valence-corrected chi connectivity index (χ4v) is 2.89. The van der Waals surface area contributed by atoms with E-state index in [1.165, 1.54) is 0 Å². The lowest BCUT2D eigenvalue weighted by Crippen LogP contribution is -3.14. The van der Waals surface area contributed by atoms with Gasteiger partial charge in [-0.2, -0.15) is 5.26 Å². The van der Waals surface area contributed by atoms with Crippen LogP contribution in [0.15, 0.2) is 24.3 Å². The minimum atomic E-state index is -0.807. The first-order chi connectivity index (χ1) is 12.4. The van der Waals surface area contributed by atoms with E-state index in [1.807, 2.05) is 6.92 Å². The summed E-state index contributed by atoms with van der Waals surface area (Å²) >= 11 is 0. The number of hydrogen-bond acceptors (Lipinski definition) is 4. The number of carbonyl (C=O) groups excluding carboxylic acids is 2. The lowest BCUT2D eigenvalue weighted by Gasteiger charge is -2.24. The summed E-state index contributed by atoms with van der Waals surface area (Å²) in [6, 6.07) is 9.34. The molecule has 2 amide bonds. The Morgan fingerprint density at radius 1 is 1.35 bits per heavy atom. The van der Waals surface area contributed by atoms with E-state index in [2.05, 4.69) is 16.7 Å². The minimum Gasteiger partial charge on any atom is -0.497 e. The van der Waals surface area contributed by atoms with E-state index in [9.17, 15) is 14.9 Å². The van der Waals surface area contributed by atoms with Crippen LogP contribution in [0.2, 0.25) is 0 Å². The molecule has 1 aromatic carbocycles. The molecule has 0 aromatic heterocycles. The van der Waals surface area contributed by atoms with Gasteiger partial charge in [-0.3, -0.25) is 9.59 Å². The summed E-state index contributed by atoms with van der Waals surface area (Å²) in [5, 5.41) is 15.0. The van der Waals surface area contributed by atoms with Gasteiger partial charge in [0.15, 0.2) is 13.1 Å². The summed E-state index contributed by atoms with van der Waals surface area (Å²) in [4.78, 5) is 25.4. The van der Waals surface area contributed by atoms with Crippen molar-refractivity contribution in [2.24, 2.45) is 5.92 Å². The van der Waals surface area contributed by atoms with Gasteiger partial charge < -0.3 is 20.3 Å². The van der Waals surface area contributed by atoms with Crippen molar-refractivity contribution >= 4 is 17.5 Å². The number of methoxy groups -OCH3 is 1. The molecule has 1 aromatic rings. The summed E-state index contributed by atoms with van der Waals surface area (Å²) in [5.41, 5.74) is -0.154. The van der Waals surface area contributed by atoms with E-state index in [-0.39, 0.29) is 30.8 Å². The lowest BCUT2D eigenvalue weighted by molar-refractivity contribution is -0.881. The molecule has 1 saturated carbocycles. The van der Waals surface area contributed by atoms with Crippen molar-refractivity contribution in [1.29, 1.82) is 5.26 Å². The number of benzene rings is 1. The third kappa shape index (κ3) is 5.46. The van der Waals surface area contributed by atoms with Crippen LogP contribution < -0.4 is 20.3 Å². The van der Waals surface area contributed by atoms with Gasteiger partial charge in [-0.05, 0) is 44.7 Å². The van der Waals surface area contributed by atoms with Gasteiger partial charge in [-0.25, -0.2) is 0 Å². The Morgan fingerprint density at radius 3 is 2.62 bits per heavy atom. The smallest absolute Gasteiger partial charge is 0.279 e. The van der Waals surface area contributed by atoms with Crippen molar-refractivity contribution in [3.63, 3.8) is 0 Å². The van der Waals surface area contributed by atoms with Gasteiger partial charge in [0.1, 0.15) is 11.3 Å². The van der Waals surface area contributed by atoms with Gasteiger partial charge in [0, 0.05) is 11.8 Å². The number of nitrogens with one attached hydrogen (secondary N) is 3. The van der Waals surface area contributed by atoms with Crippen LogP contribution in [0.25, 0.3) is 0 Å². The van der Waals surface area contributed by atoms with Gasteiger partial charge in [-0.15, -0.1) is 0 Å². The summed E-state index contributed by atoms with van der Waals surface area (Å²) in [7, 11) is 1.57. The molecule has 140 valence electrons. The average Bonchev–Trinajstić information content (AvgIpc) is 3.46. The standard InChI is InChI=1S/C19H26N4O3/c1-4-23(12-18(25)22-19(2,13-20)14-8-9-14)11-17(24)21-15-6-5-7-16(10-15)26-3/h5-7,10,14H,4,8-9,11-12H2,1-3H3,(H,21,24)(H,22,25)/p+1/t19-/m1/s1. The van der Waals surface area contributed by atoms with Crippen LogP contribution in [-0.2, 0) is 9.59 Å². The van der Waals surface area contributed by atoms with E-state index in [4.69, 9.17) is 4.74 Å². The highest BCUT2D eigenvalue weighted by Crippen LogP contribution is 2.39. The van der Waals surface area contributed by atoms with Gasteiger partial charge in [0.2, 0.25) is 0 Å². The molecule has 0 saturated heterocycles. The van der Waals surface area contributed by atoms with Crippen molar-refractivity contribution in [3.8, 4) is 11.8 Å². The average molecular weight is 359 g/mol. The second kappa shape index (κ2) is 8.68. The highest BCUT2D eigenvalue weighted by molar-refractivity contribution is 5.91. The van der Waals surface area contributed by atoms with Gasteiger partial charge in [0.05, 0.1) is 19.7 Å². The molecule has 1 unspecified atom stereocenters. The highest BCUT2D eigenvalue weighted by Gasteiger charge is 2.43. The van der Waals surface area contributed by atoms with Crippen LogP contribution >= 0.6 is 0 Å². The molecule has 7 nitrogen and oxygen atoms in total. The fraction of sp³-hybridized carbons (Fsp3) is 0.526. The summed E-state index contributed by atoms with van der Waals surface area (Å²) in [6.45, 7) is 4.65. The fourth-order valence-electron chi connectivity index (χ4n) is 2.89. The summed E-state index contributed by atoms with van der Waals surface area (Å²) in [6.07, 6.45) is 1.94. The number of carbonyl (C=O) groups is 2. The molecule has 0 aliphatic heterocycles. The van der Waals surface area contributed by atoms with E-state index >= 15 is 0 Å². The van der Waals surface area contributed by atoms with Gasteiger partial charge >= 0.3 is 0 Å². The van der Waals surface area contributed by atoms with E-state index in [0.29, 0.717) is 18.0 Å². The summed E-state index contributed by atoms with van der Waals surface area (Å²) < 4.78 is 5.14. The molecule has 2 atom stereocenters. The van der Waals surface area contributed by atoms with E-state index in [1.54, 1.807) is 38.3 Å². The van der Waals surface area contributed by atoms with Crippen LogP contribution in [0.1, 0.15) is 26.7 Å². The Morgan fingerprint density at radius 2 is 2.04 bits per heavy atom. The molecule has 7 heteroatoms. The minimum absolute atomic E-state index is 0.159. The number of amides is 2. The monoisotopic (exact) mass is 359 g/mol. The molecule has 0 bridgehead atoms. The molecule has 0 spiro atoms. The first kappa shape index (κ1) is 19.7. The predicted octanol–water partition coefficient (Wildman–Crippen LogP) is 0.347. The Labute approximate surface area is 154 Å². The van der Waals surface area contributed by atoms with Gasteiger partial charge in [0.25, 0.3) is 11.8 Å². The molecule has 1 fully saturated rings. The number of quaternary nitrogens is 1. The molecule has 26 heavy (non-hydrogen) atoms. The van der Waals surface area contributed by atoms with Crippen LogP contribution in [0.4, 0.5) is 5.69 Å².